The molecule has 1 aromatic heterocycles. The third-order valence-corrected chi connectivity index (χ3v) is 5.90. The third kappa shape index (κ3) is 2.63. The van der Waals surface area contributed by atoms with E-state index in [4.69, 9.17) is 4.52 Å². The van der Waals surface area contributed by atoms with Gasteiger partial charge >= 0.3 is 0 Å². The maximum Gasteiger partial charge on any atom is 0.142 e. The van der Waals surface area contributed by atoms with Crippen LogP contribution in [0, 0.1) is 12.7 Å². The van der Waals surface area contributed by atoms with Crippen LogP contribution in [0.4, 0.5) is 10.1 Å². The van der Waals surface area contributed by atoms with Crippen LogP contribution in [0.5, 0.6) is 0 Å². The number of nitrogens with one attached hydrogen (secondary N) is 1. The van der Waals surface area contributed by atoms with Crippen molar-refractivity contribution in [2.24, 2.45) is 0 Å². The average molecular weight is 359 g/mol. The second-order valence-electron chi connectivity index (χ2n) is 7.47. The molecule has 0 amide bonds. The second kappa shape index (κ2) is 6.67. The summed E-state index contributed by atoms with van der Waals surface area (Å²) in [6.07, 6.45) is 3.10. The van der Waals surface area contributed by atoms with E-state index in [0.717, 1.165) is 54.3 Å². The zero-order chi connectivity index (χ0) is 18.3. The number of likely N-dealkylation sites (tertiary alicyclic amines) is 1. The van der Waals surface area contributed by atoms with Gasteiger partial charge in [0.25, 0.3) is 0 Å². The largest absolute Gasteiger partial charge is 0.396 e. The van der Waals surface area contributed by atoms with Crippen LogP contribution < -0.4 is 5.32 Å². The molecule has 0 saturated carbocycles. The number of fused-ring (bicyclic) bond motifs is 1. The molecule has 2 aliphatic heterocycles. The van der Waals surface area contributed by atoms with Gasteiger partial charge in [-0.05, 0) is 56.6 Å². The molecule has 2 N–H and O–H groups in total. The molecule has 0 bridgehead atoms. The molecule has 4 rings (SSSR count). The first-order valence-corrected chi connectivity index (χ1v) is 9.45. The molecule has 26 heavy (non-hydrogen) atoms. The first-order valence-electron chi connectivity index (χ1n) is 9.45. The second-order valence-corrected chi connectivity index (χ2v) is 7.47. The standard InChI is InChI=1S/C20H26FN3O2/c1-3-18-19(13(2)23-26-18)20(12-24-8-4-5-9-24)16(11-25)15-10-14(21)6-7-17(15)22-20/h6-7,10,16,22,25H,3-5,8-9,11-12H2,1-2H3. The monoisotopic (exact) mass is 359 g/mol. The molecule has 3 heterocycles. The minimum atomic E-state index is -0.565. The van der Waals surface area contributed by atoms with Gasteiger partial charge in [-0.25, -0.2) is 4.39 Å². The number of rotatable bonds is 5. The molecule has 1 saturated heterocycles. The number of aryl methyl sites for hydroxylation is 2. The van der Waals surface area contributed by atoms with E-state index >= 15 is 0 Å². The Balaban J connectivity index is 1.87. The highest BCUT2D eigenvalue weighted by molar-refractivity contribution is 5.65. The number of aromatic nitrogens is 1. The summed E-state index contributed by atoms with van der Waals surface area (Å²) >= 11 is 0. The number of benzene rings is 1. The molecule has 2 aliphatic rings. The molecule has 2 unspecified atom stereocenters. The molecular formula is C20H26FN3O2. The molecule has 140 valence electrons. The summed E-state index contributed by atoms with van der Waals surface area (Å²) in [5.74, 6) is 0.303. The summed E-state index contributed by atoms with van der Waals surface area (Å²) in [7, 11) is 0. The molecule has 0 aliphatic carbocycles. The van der Waals surface area contributed by atoms with Gasteiger partial charge in [-0.15, -0.1) is 0 Å². The van der Waals surface area contributed by atoms with E-state index in [1.54, 1.807) is 12.1 Å². The Bertz CT molecular complexity index is 800. The molecule has 2 atom stereocenters. The lowest BCUT2D eigenvalue weighted by molar-refractivity contribution is 0.180. The Morgan fingerprint density at radius 1 is 1.38 bits per heavy atom. The van der Waals surface area contributed by atoms with Crippen LogP contribution in [-0.2, 0) is 12.0 Å². The van der Waals surface area contributed by atoms with Crippen molar-refractivity contribution in [3.8, 4) is 0 Å². The number of halogens is 1. The van der Waals surface area contributed by atoms with Crippen molar-refractivity contribution in [1.29, 1.82) is 0 Å². The van der Waals surface area contributed by atoms with Gasteiger partial charge in [0, 0.05) is 30.1 Å². The lowest BCUT2D eigenvalue weighted by Gasteiger charge is -2.39. The number of hydrogen-bond acceptors (Lipinski definition) is 5. The number of anilines is 1. The number of hydrogen-bond donors (Lipinski definition) is 2. The summed E-state index contributed by atoms with van der Waals surface area (Å²) < 4.78 is 19.5. The van der Waals surface area contributed by atoms with E-state index in [9.17, 15) is 9.50 Å². The van der Waals surface area contributed by atoms with Crippen molar-refractivity contribution in [3.05, 3.63) is 46.6 Å². The van der Waals surface area contributed by atoms with E-state index in [-0.39, 0.29) is 18.3 Å². The van der Waals surface area contributed by atoms with Crippen molar-refractivity contribution in [3.63, 3.8) is 0 Å². The molecule has 0 spiro atoms. The van der Waals surface area contributed by atoms with Crippen molar-refractivity contribution in [1.82, 2.24) is 10.1 Å². The third-order valence-electron chi connectivity index (χ3n) is 5.90. The maximum absolute atomic E-state index is 13.9. The smallest absolute Gasteiger partial charge is 0.142 e. The lowest BCUT2D eigenvalue weighted by atomic mass is 9.76. The van der Waals surface area contributed by atoms with Gasteiger partial charge in [0.1, 0.15) is 11.6 Å². The zero-order valence-electron chi connectivity index (χ0n) is 15.4. The van der Waals surface area contributed by atoms with E-state index in [1.165, 1.54) is 18.9 Å². The van der Waals surface area contributed by atoms with Crippen LogP contribution in [0.15, 0.2) is 22.7 Å². The zero-order valence-corrected chi connectivity index (χ0v) is 15.4. The van der Waals surface area contributed by atoms with Gasteiger partial charge in [-0.2, -0.15) is 0 Å². The first-order chi connectivity index (χ1) is 12.6. The van der Waals surface area contributed by atoms with Gasteiger partial charge in [-0.3, -0.25) is 0 Å². The minimum absolute atomic E-state index is 0.0644. The fraction of sp³-hybridized carbons (Fsp3) is 0.550. The molecule has 1 fully saturated rings. The van der Waals surface area contributed by atoms with Crippen molar-refractivity contribution >= 4 is 5.69 Å². The average Bonchev–Trinajstić information content (AvgIpc) is 3.32. The Labute approximate surface area is 153 Å². The lowest BCUT2D eigenvalue weighted by Crippen LogP contribution is -2.48. The summed E-state index contributed by atoms with van der Waals surface area (Å²) in [4.78, 5) is 2.42. The van der Waals surface area contributed by atoms with Crippen LogP contribution in [0.25, 0.3) is 0 Å². The highest BCUT2D eigenvalue weighted by Crippen LogP contribution is 2.51. The predicted octanol–water partition coefficient (Wildman–Crippen LogP) is 3.18. The van der Waals surface area contributed by atoms with Crippen molar-refractivity contribution < 1.29 is 14.0 Å². The van der Waals surface area contributed by atoms with Gasteiger partial charge in [0.15, 0.2) is 0 Å². The molecular weight excluding hydrogens is 333 g/mol. The van der Waals surface area contributed by atoms with Gasteiger partial charge < -0.3 is 19.8 Å². The number of aliphatic hydroxyl groups is 1. The normalized spacial score (nSPS) is 25.5. The first kappa shape index (κ1) is 17.5. The summed E-state index contributed by atoms with van der Waals surface area (Å²) in [6.45, 7) is 6.75. The van der Waals surface area contributed by atoms with E-state index in [1.807, 2.05) is 13.8 Å². The van der Waals surface area contributed by atoms with Crippen LogP contribution in [0.3, 0.4) is 0 Å². The van der Waals surface area contributed by atoms with E-state index in [2.05, 4.69) is 15.4 Å². The molecule has 6 heteroatoms. The Morgan fingerprint density at radius 2 is 2.15 bits per heavy atom. The molecule has 5 nitrogen and oxygen atoms in total. The van der Waals surface area contributed by atoms with Gasteiger partial charge in [0.05, 0.1) is 17.8 Å². The van der Waals surface area contributed by atoms with Crippen LogP contribution in [0.2, 0.25) is 0 Å². The summed E-state index contributed by atoms with van der Waals surface area (Å²) in [5.41, 5.74) is 2.99. The molecule has 0 radical (unpaired) electrons. The van der Waals surface area contributed by atoms with E-state index in [0.29, 0.717) is 0 Å². The quantitative estimate of drug-likeness (QED) is 0.859. The summed E-state index contributed by atoms with van der Waals surface area (Å²) in [6, 6.07) is 4.78. The van der Waals surface area contributed by atoms with E-state index < -0.39 is 5.54 Å². The van der Waals surface area contributed by atoms with Crippen LogP contribution >= 0.6 is 0 Å². The Morgan fingerprint density at radius 3 is 2.85 bits per heavy atom. The topological polar surface area (TPSA) is 61.5 Å². The summed E-state index contributed by atoms with van der Waals surface area (Å²) in [5, 5.41) is 18.2. The highest BCUT2D eigenvalue weighted by atomic mass is 19.1. The Kier molecular flexibility index (Phi) is 4.49. The van der Waals surface area contributed by atoms with Gasteiger partial charge in [-0.1, -0.05) is 12.1 Å². The van der Waals surface area contributed by atoms with Crippen LogP contribution in [0.1, 0.15) is 48.3 Å². The van der Waals surface area contributed by atoms with Crippen molar-refractivity contribution in [2.45, 2.75) is 44.6 Å². The predicted molar refractivity (Wildman–Crippen MR) is 97.8 cm³/mol. The fourth-order valence-corrected chi connectivity index (χ4v) is 4.77. The highest BCUT2D eigenvalue weighted by Gasteiger charge is 2.51. The molecule has 2 aromatic rings. The van der Waals surface area contributed by atoms with Crippen LogP contribution in [-0.4, -0.2) is 41.4 Å². The van der Waals surface area contributed by atoms with Gasteiger partial charge in [0.2, 0.25) is 0 Å². The maximum atomic E-state index is 13.9. The SMILES string of the molecule is CCc1onc(C)c1C1(CN2CCCC2)Nc2ccc(F)cc2C1CO. The molecule has 1 aromatic carbocycles. The number of aliphatic hydroxyl groups excluding tert-OH is 1. The number of nitrogens with zero attached hydrogens (tertiary/aromatic N) is 2. The minimum Gasteiger partial charge on any atom is -0.396 e. The fourth-order valence-electron chi connectivity index (χ4n) is 4.77. The Hall–Kier alpha value is -1.92. The van der Waals surface area contributed by atoms with Crippen molar-refractivity contribution in [2.75, 3.05) is 31.6 Å².